The van der Waals surface area contributed by atoms with Gasteiger partial charge in [0.05, 0.1) is 16.4 Å². The van der Waals surface area contributed by atoms with Gasteiger partial charge in [0.25, 0.3) is 11.2 Å². The fourth-order valence-electron chi connectivity index (χ4n) is 3.27. The van der Waals surface area contributed by atoms with Gasteiger partial charge in [-0.25, -0.2) is 0 Å². The predicted molar refractivity (Wildman–Crippen MR) is 112 cm³/mol. The molecule has 0 spiro atoms. The highest BCUT2D eigenvalue weighted by Crippen LogP contribution is 2.31. The Morgan fingerprint density at radius 3 is 2.55 bits per heavy atom. The minimum Gasteiger partial charge on any atom is -0.326 e. The minimum atomic E-state index is -1.16. The van der Waals surface area contributed by atoms with Crippen LogP contribution in [0.2, 0.25) is 0 Å². The molecule has 4 rings (SSSR count). The first-order valence-electron chi connectivity index (χ1n) is 9.23. The lowest BCUT2D eigenvalue weighted by molar-refractivity contribution is -0.383. The Kier molecular flexibility index (Phi) is 5.14. The van der Waals surface area contributed by atoms with Crippen LogP contribution in [0.15, 0.2) is 59.4 Å². The lowest BCUT2D eigenvalue weighted by atomic mass is 9.92. The monoisotopic (exact) mass is 420 g/mol. The molecule has 0 bridgehead atoms. The molecule has 0 unspecified atom stereocenters. The molecule has 2 amide bonds. The highest BCUT2D eigenvalue weighted by Gasteiger charge is 2.35. The smallest absolute Gasteiger partial charge is 0.292 e. The first-order chi connectivity index (χ1) is 14.9. The number of benzene rings is 2. The quantitative estimate of drug-likeness (QED) is 0.364. The van der Waals surface area contributed by atoms with Crippen molar-refractivity contribution in [3.8, 4) is 0 Å². The number of hydrogen-bond donors (Lipinski definition) is 4. The van der Waals surface area contributed by atoms with E-state index >= 15 is 0 Å². The van der Waals surface area contributed by atoms with E-state index in [1.807, 2.05) is 6.07 Å². The molecule has 156 valence electrons. The van der Waals surface area contributed by atoms with E-state index in [2.05, 4.69) is 25.9 Å². The average molecular weight is 420 g/mol. The van der Waals surface area contributed by atoms with Crippen molar-refractivity contribution in [1.29, 1.82) is 0 Å². The fraction of sp³-hybridized carbons (Fsp3) is 0.100. The van der Waals surface area contributed by atoms with Crippen LogP contribution in [0, 0.1) is 10.1 Å². The van der Waals surface area contributed by atoms with Gasteiger partial charge in [0, 0.05) is 18.2 Å². The lowest BCUT2D eigenvalue weighted by Gasteiger charge is -2.23. The SMILES string of the molecule is O=C1C[C@H](C(=O)Nc2ccccc2[N+](=O)[O-])c2c(nc(Nc3ccccc3)[nH]c2=O)N1. The van der Waals surface area contributed by atoms with Crippen molar-refractivity contribution in [3.05, 3.63) is 80.6 Å². The minimum absolute atomic E-state index is 0.0192. The number of amides is 2. The van der Waals surface area contributed by atoms with E-state index in [9.17, 15) is 24.5 Å². The number of aromatic nitrogens is 2. The molecule has 0 saturated carbocycles. The molecule has 4 N–H and O–H groups in total. The maximum Gasteiger partial charge on any atom is 0.292 e. The lowest BCUT2D eigenvalue weighted by Crippen LogP contribution is -2.36. The summed E-state index contributed by atoms with van der Waals surface area (Å²) >= 11 is 0. The van der Waals surface area contributed by atoms with Crippen molar-refractivity contribution in [3.63, 3.8) is 0 Å². The molecule has 1 atom stereocenters. The molecule has 3 aromatic rings. The molecule has 0 radical (unpaired) electrons. The molecule has 0 fully saturated rings. The van der Waals surface area contributed by atoms with Gasteiger partial charge >= 0.3 is 0 Å². The third-order valence-corrected chi connectivity index (χ3v) is 4.66. The summed E-state index contributed by atoms with van der Waals surface area (Å²) < 4.78 is 0. The second-order valence-corrected chi connectivity index (χ2v) is 6.74. The number of aromatic amines is 1. The Labute approximate surface area is 174 Å². The first-order valence-corrected chi connectivity index (χ1v) is 9.23. The van der Waals surface area contributed by atoms with Crippen molar-refractivity contribution < 1.29 is 14.5 Å². The van der Waals surface area contributed by atoms with Crippen molar-refractivity contribution in [2.45, 2.75) is 12.3 Å². The van der Waals surface area contributed by atoms with Crippen LogP contribution in [0.4, 0.5) is 28.8 Å². The molecule has 11 nitrogen and oxygen atoms in total. The molecule has 11 heteroatoms. The molecule has 0 saturated heterocycles. The third kappa shape index (κ3) is 4.10. The molecule has 31 heavy (non-hydrogen) atoms. The Morgan fingerprint density at radius 1 is 1.10 bits per heavy atom. The molecular weight excluding hydrogens is 404 g/mol. The molecule has 2 heterocycles. The van der Waals surface area contributed by atoms with Gasteiger partial charge in [-0.2, -0.15) is 4.98 Å². The number of carbonyl (C=O) groups is 2. The summed E-state index contributed by atoms with van der Waals surface area (Å²) in [6, 6.07) is 14.6. The number of nitro benzene ring substituents is 1. The summed E-state index contributed by atoms with van der Waals surface area (Å²) in [7, 11) is 0. The second-order valence-electron chi connectivity index (χ2n) is 6.74. The number of nitrogens with zero attached hydrogens (tertiary/aromatic N) is 2. The topological polar surface area (TPSA) is 159 Å². The summed E-state index contributed by atoms with van der Waals surface area (Å²) in [5.41, 5.74) is -0.290. The number of rotatable bonds is 5. The van der Waals surface area contributed by atoms with Crippen molar-refractivity contribution in [2.24, 2.45) is 0 Å². The van der Waals surface area contributed by atoms with Crippen LogP contribution in [-0.2, 0) is 9.59 Å². The maximum atomic E-state index is 12.9. The van der Waals surface area contributed by atoms with E-state index < -0.39 is 28.2 Å². The van der Waals surface area contributed by atoms with Crippen LogP contribution in [0.3, 0.4) is 0 Å². The maximum absolute atomic E-state index is 12.9. The Morgan fingerprint density at radius 2 is 1.81 bits per heavy atom. The highest BCUT2D eigenvalue weighted by molar-refractivity contribution is 6.05. The normalized spacial score (nSPS) is 14.8. The van der Waals surface area contributed by atoms with E-state index in [1.165, 1.54) is 24.3 Å². The average Bonchev–Trinajstić information content (AvgIpc) is 2.73. The van der Waals surface area contributed by atoms with Crippen LogP contribution in [0.5, 0.6) is 0 Å². The van der Waals surface area contributed by atoms with Crippen molar-refractivity contribution in [1.82, 2.24) is 9.97 Å². The molecule has 1 aromatic heterocycles. The predicted octanol–water partition coefficient (Wildman–Crippen LogP) is 2.49. The molecule has 0 aliphatic carbocycles. The Hall–Kier alpha value is -4.54. The van der Waals surface area contributed by atoms with Crippen LogP contribution in [-0.4, -0.2) is 26.7 Å². The van der Waals surface area contributed by atoms with E-state index in [0.717, 1.165) is 0 Å². The number of carbonyl (C=O) groups excluding carboxylic acids is 2. The third-order valence-electron chi connectivity index (χ3n) is 4.66. The van der Waals surface area contributed by atoms with E-state index in [4.69, 9.17) is 0 Å². The number of nitro groups is 1. The second kappa shape index (κ2) is 8.06. The van der Waals surface area contributed by atoms with Crippen LogP contribution >= 0.6 is 0 Å². The Balaban J connectivity index is 1.66. The van der Waals surface area contributed by atoms with E-state index in [1.54, 1.807) is 24.3 Å². The van der Waals surface area contributed by atoms with Crippen molar-refractivity contribution in [2.75, 3.05) is 16.0 Å². The van der Waals surface area contributed by atoms with Crippen LogP contribution in [0.25, 0.3) is 0 Å². The Bertz CT molecular complexity index is 1240. The summed E-state index contributed by atoms with van der Waals surface area (Å²) in [5, 5.41) is 19.1. The van der Waals surface area contributed by atoms with Gasteiger partial charge in [0.1, 0.15) is 11.5 Å². The van der Waals surface area contributed by atoms with Gasteiger partial charge in [0.15, 0.2) is 0 Å². The zero-order valence-corrected chi connectivity index (χ0v) is 15.9. The number of hydrogen-bond acceptors (Lipinski definition) is 7. The summed E-state index contributed by atoms with van der Waals surface area (Å²) in [4.78, 5) is 55.1. The summed E-state index contributed by atoms with van der Waals surface area (Å²) in [6.07, 6.45) is -0.296. The number of fused-ring (bicyclic) bond motifs is 1. The van der Waals surface area contributed by atoms with Gasteiger partial charge in [-0.1, -0.05) is 30.3 Å². The molecular formula is C20H16N6O5. The highest BCUT2D eigenvalue weighted by atomic mass is 16.6. The molecule has 2 aromatic carbocycles. The number of nitrogens with one attached hydrogen (secondary N) is 4. The number of H-pyrrole nitrogens is 1. The van der Waals surface area contributed by atoms with E-state index in [-0.39, 0.29) is 35.1 Å². The van der Waals surface area contributed by atoms with Crippen molar-refractivity contribution >= 4 is 40.6 Å². The fourth-order valence-corrected chi connectivity index (χ4v) is 3.27. The van der Waals surface area contributed by atoms with E-state index in [0.29, 0.717) is 5.69 Å². The van der Waals surface area contributed by atoms with Gasteiger partial charge in [-0.3, -0.25) is 29.5 Å². The van der Waals surface area contributed by atoms with Crippen LogP contribution < -0.4 is 21.5 Å². The standard InChI is InChI=1S/C20H16N6O5/c27-15-10-12(18(28)22-13-8-4-5-9-14(13)26(30)31)16-17(23-15)24-20(25-19(16)29)21-11-6-2-1-3-7-11/h1-9,12H,10H2,(H,22,28)(H3,21,23,24,25,27,29)/t12-/m0/s1. The summed E-state index contributed by atoms with van der Waals surface area (Å²) in [5.74, 6) is -2.33. The van der Waals surface area contributed by atoms with Crippen LogP contribution in [0.1, 0.15) is 17.9 Å². The van der Waals surface area contributed by atoms with Gasteiger partial charge in [-0.05, 0) is 18.2 Å². The largest absolute Gasteiger partial charge is 0.326 e. The molecule has 1 aliphatic rings. The van der Waals surface area contributed by atoms with Gasteiger partial charge in [-0.15, -0.1) is 0 Å². The van der Waals surface area contributed by atoms with Gasteiger partial charge < -0.3 is 16.0 Å². The molecule has 1 aliphatic heterocycles. The zero-order valence-electron chi connectivity index (χ0n) is 15.9. The zero-order chi connectivity index (χ0) is 22.0. The van der Waals surface area contributed by atoms with Gasteiger partial charge in [0.2, 0.25) is 17.8 Å². The number of para-hydroxylation sites is 3. The summed E-state index contributed by atoms with van der Waals surface area (Å²) in [6.45, 7) is 0. The first kappa shape index (κ1) is 19.8. The number of anilines is 4.